The maximum atomic E-state index is 12.4. The SMILES string of the molecule is COC(=O)[C@H](NC(=O)OCc1ccccc1)[C@@H](C)OS(=O)(=O)c1ccc(C)cc1. The van der Waals surface area contributed by atoms with Crippen LogP contribution in [-0.4, -0.2) is 39.7 Å². The van der Waals surface area contributed by atoms with Crippen molar-refractivity contribution in [2.75, 3.05) is 7.11 Å². The van der Waals surface area contributed by atoms with Crippen LogP contribution < -0.4 is 5.32 Å². The molecule has 2 atom stereocenters. The summed E-state index contributed by atoms with van der Waals surface area (Å²) in [6, 6.07) is 13.6. The van der Waals surface area contributed by atoms with Crippen LogP contribution in [0, 0.1) is 6.92 Å². The highest BCUT2D eigenvalue weighted by molar-refractivity contribution is 7.86. The van der Waals surface area contributed by atoms with Gasteiger partial charge >= 0.3 is 12.1 Å². The first kappa shape index (κ1) is 22.4. The molecule has 0 unspecified atom stereocenters. The van der Waals surface area contributed by atoms with Gasteiger partial charge in [-0.2, -0.15) is 8.42 Å². The molecule has 0 fully saturated rings. The average molecular weight is 421 g/mol. The Bertz CT molecular complexity index is 927. The van der Waals surface area contributed by atoms with Crippen LogP contribution in [0.15, 0.2) is 59.5 Å². The summed E-state index contributed by atoms with van der Waals surface area (Å²) in [4.78, 5) is 24.1. The topological polar surface area (TPSA) is 108 Å². The summed E-state index contributed by atoms with van der Waals surface area (Å²) in [5.41, 5.74) is 1.63. The molecule has 0 bridgehead atoms. The summed E-state index contributed by atoms with van der Waals surface area (Å²) >= 11 is 0. The number of benzene rings is 2. The standard InChI is InChI=1S/C20H23NO7S/c1-14-9-11-17(12-10-14)29(24,25)28-15(2)18(19(22)26-3)21-20(23)27-13-16-7-5-4-6-8-16/h4-12,15,18H,13H2,1-3H3,(H,21,23)/t15-,18-/m1/s1. The molecule has 29 heavy (non-hydrogen) atoms. The average Bonchev–Trinajstić information content (AvgIpc) is 2.70. The number of nitrogens with one attached hydrogen (secondary N) is 1. The summed E-state index contributed by atoms with van der Waals surface area (Å²) in [6.45, 7) is 3.14. The largest absolute Gasteiger partial charge is 0.467 e. The summed E-state index contributed by atoms with van der Waals surface area (Å²) in [5, 5.41) is 2.30. The lowest BCUT2D eigenvalue weighted by atomic mass is 10.2. The van der Waals surface area contributed by atoms with Crippen LogP contribution in [-0.2, 0) is 35.2 Å². The van der Waals surface area contributed by atoms with Crippen molar-refractivity contribution < 1.29 is 31.7 Å². The van der Waals surface area contributed by atoms with Gasteiger partial charge in [0.05, 0.1) is 12.0 Å². The van der Waals surface area contributed by atoms with Crippen LogP contribution in [0.1, 0.15) is 18.1 Å². The number of ether oxygens (including phenoxy) is 2. The molecule has 0 aromatic heterocycles. The third kappa shape index (κ3) is 6.58. The summed E-state index contributed by atoms with van der Waals surface area (Å²) in [6.07, 6.45) is -2.15. The zero-order valence-corrected chi connectivity index (χ0v) is 17.1. The molecule has 0 aliphatic heterocycles. The highest BCUT2D eigenvalue weighted by Crippen LogP contribution is 2.17. The molecule has 8 nitrogen and oxygen atoms in total. The number of alkyl carbamates (subject to hydrolysis) is 1. The number of hydrogen-bond acceptors (Lipinski definition) is 7. The van der Waals surface area contributed by atoms with Crippen LogP contribution in [0.3, 0.4) is 0 Å². The second kappa shape index (κ2) is 10.0. The van der Waals surface area contributed by atoms with E-state index in [-0.39, 0.29) is 11.5 Å². The summed E-state index contributed by atoms with van der Waals surface area (Å²) in [5.74, 6) is -0.867. The normalized spacial score (nSPS) is 13.2. The van der Waals surface area contributed by atoms with E-state index in [0.717, 1.165) is 18.2 Å². The number of rotatable bonds is 8. The molecule has 0 saturated carbocycles. The van der Waals surface area contributed by atoms with Crippen LogP contribution in [0.4, 0.5) is 4.79 Å². The van der Waals surface area contributed by atoms with E-state index in [1.54, 1.807) is 36.4 Å². The number of aryl methyl sites for hydroxylation is 1. The Balaban J connectivity index is 2.05. The van der Waals surface area contributed by atoms with Crippen LogP contribution in [0.25, 0.3) is 0 Å². The lowest BCUT2D eigenvalue weighted by molar-refractivity contribution is -0.145. The van der Waals surface area contributed by atoms with Gasteiger partial charge in [-0.15, -0.1) is 0 Å². The third-order valence-electron chi connectivity index (χ3n) is 4.00. The zero-order chi connectivity index (χ0) is 21.4. The van der Waals surface area contributed by atoms with Crippen LogP contribution in [0.2, 0.25) is 0 Å². The van der Waals surface area contributed by atoms with Gasteiger partial charge in [0.2, 0.25) is 0 Å². The Morgan fingerprint density at radius 2 is 1.66 bits per heavy atom. The number of amides is 1. The van der Waals surface area contributed by atoms with Crippen molar-refractivity contribution in [3.05, 3.63) is 65.7 Å². The highest BCUT2D eigenvalue weighted by atomic mass is 32.2. The first-order chi connectivity index (χ1) is 13.7. The molecule has 156 valence electrons. The Morgan fingerprint density at radius 1 is 1.03 bits per heavy atom. The summed E-state index contributed by atoms with van der Waals surface area (Å²) < 4.78 is 39.7. The molecule has 1 N–H and O–H groups in total. The van der Waals surface area contributed by atoms with E-state index in [0.29, 0.717) is 0 Å². The van der Waals surface area contributed by atoms with Crippen molar-refractivity contribution in [1.29, 1.82) is 0 Å². The van der Waals surface area contributed by atoms with E-state index < -0.39 is 34.3 Å². The van der Waals surface area contributed by atoms with Crippen LogP contribution in [0.5, 0.6) is 0 Å². The fraction of sp³-hybridized carbons (Fsp3) is 0.300. The number of hydrogen-bond donors (Lipinski definition) is 1. The van der Waals surface area contributed by atoms with E-state index >= 15 is 0 Å². The van der Waals surface area contributed by atoms with Crippen molar-refractivity contribution in [3.8, 4) is 0 Å². The number of carbonyl (C=O) groups excluding carboxylic acids is 2. The quantitative estimate of drug-likeness (QED) is 0.515. The number of methoxy groups -OCH3 is 1. The van der Waals surface area contributed by atoms with Crippen molar-refractivity contribution in [2.45, 2.75) is 37.5 Å². The molecule has 9 heteroatoms. The first-order valence-electron chi connectivity index (χ1n) is 8.78. The van der Waals surface area contributed by atoms with Crippen molar-refractivity contribution in [2.24, 2.45) is 0 Å². The molecule has 0 spiro atoms. The molecule has 0 saturated heterocycles. The molecule has 2 rings (SSSR count). The van der Waals surface area contributed by atoms with Gasteiger partial charge in [-0.25, -0.2) is 9.59 Å². The van der Waals surface area contributed by atoms with Crippen molar-refractivity contribution in [1.82, 2.24) is 5.32 Å². The van der Waals surface area contributed by atoms with Crippen molar-refractivity contribution in [3.63, 3.8) is 0 Å². The lowest BCUT2D eigenvalue weighted by Crippen LogP contribution is -2.49. The molecular weight excluding hydrogens is 398 g/mol. The Kier molecular flexibility index (Phi) is 7.74. The molecule has 2 aromatic carbocycles. The van der Waals surface area contributed by atoms with Gasteiger partial charge in [0, 0.05) is 0 Å². The van der Waals surface area contributed by atoms with E-state index in [1.807, 2.05) is 13.0 Å². The molecule has 2 aromatic rings. The van der Waals surface area contributed by atoms with Gasteiger partial charge in [0.1, 0.15) is 12.7 Å². The fourth-order valence-electron chi connectivity index (χ4n) is 2.40. The molecule has 0 heterocycles. The van der Waals surface area contributed by atoms with E-state index in [1.165, 1.54) is 19.1 Å². The minimum absolute atomic E-state index is 0.0164. The predicted octanol–water partition coefficient (Wildman–Crippen LogP) is 2.56. The van der Waals surface area contributed by atoms with Gasteiger partial charge < -0.3 is 14.8 Å². The molecule has 1 amide bonds. The molecule has 0 radical (unpaired) electrons. The maximum absolute atomic E-state index is 12.4. The minimum atomic E-state index is -4.15. The number of carbonyl (C=O) groups is 2. The third-order valence-corrected chi connectivity index (χ3v) is 5.41. The Labute approximate surface area is 169 Å². The zero-order valence-electron chi connectivity index (χ0n) is 16.3. The highest BCUT2D eigenvalue weighted by Gasteiger charge is 2.33. The smallest absolute Gasteiger partial charge is 0.408 e. The second-order valence-electron chi connectivity index (χ2n) is 6.28. The fourth-order valence-corrected chi connectivity index (χ4v) is 3.49. The molecule has 0 aliphatic rings. The Morgan fingerprint density at radius 3 is 2.24 bits per heavy atom. The predicted molar refractivity (Wildman–Crippen MR) is 104 cm³/mol. The van der Waals surface area contributed by atoms with Gasteiger partial charge in [0.15, 0.2) is 6.04 Å². The Hall–Kier alpha value is -2.91. The van der Waals surface area contributed by atoms with Gasteiger partial charge in [-0.05, 0) is 31.5 Å². The van der Waals surface area contributed by atoms with Crippen LogP contribution >= 0.6 is 0 Å². The van der Waals surface area contributed by atoms with Gasteiger partial charge in [0.25, 0.3) is 10.1 Å². The second-order valence-corrected chi connectivity index (χ2v) is 7.85. The maximum Gasteiger partial charge on any atom is 0.408 e. The minimum Gasteiger partial charge on any atom is -0.467 e. The molecular formula is C20H23NO7S. The summed E-state index contributed by atoms with van der Waals surface area (Å²) in [7, 11) is -3.04. The monoisotopic (exact) mass is 421 g/mol. The number of esters is 1. The van der Waals surface area contributed by atoms with E-state index in [2.05, 4.69) is 10.1 Å². The van der Waals surface area contributed by atoms with E-state index in [9.17, 15) is 18.0 Å². The van der Waals surface area contributed by atoms with E-state index in [4.69, 9.17) is 8.92 Å². The van der Waals surface area contributed by atoms with Crippen molar-refractivity contribution >= 4 is 22.2 Å². The lowest BCUT2D eigenvalue weighted by Gasteiger charge is -2.22. The first-order valence-corrected chi connectivity index (χ1v) is 10.2. The van der Waals surface area contributed by atoms with Gasteiger partial charge in [-0.3, -0.25) is 4.18 Å². The molecule has 0 aliphatic carbocycles. The van der Waals surface area contributed by atoms with Gasteiger partial charge in [-0.1, -0.05) is 48.0 Å².